The number of hydrogen-bond acceptors (Lipinski definition) is 2. The highest BCUT2D eigenvalue weighted by atomic mass is 16.2. The fourth-order valence-corrected chi connectivity index (χ4v) is 2.74. The van der Waals surface area contributed by atoms with E-state index in [1.165, 1.54) is 0 Å². The van der Waals surface area contributed by atoms with Crippen LogP contribution >= 0.6 is 0 Å². The van der Waals surface area contributed by atoms with E-state index < -0.39 is 0 Å². The molecule has 1 N–H and O–H groups in total. The Labute approximate surface area is 142 Å². The number of carbonyl (C=O) groups excluding carboxylic acids is 1. The second-order valence-corrected chi connectivity index (χ2v) is 5.75. The van der Waals surface area contributed by atoms with Gasteiger partial charge in [-0.15, -0.1) is 0 Å². The summed E-state index contributed by atoms with van der Waals surface area (Å²) in [5, 5.41) is 3.05. The molecule has 2 heterocycles. The maximum absolute atomic E-state index is 12.7. The van der Waals surface area contributed by atoms with Crippen LogP contribution in [0.25, 0.3) is 11.1 Å². The van der Waals surface area contributed by atoms with Gasteiger partial charge in [-0.25, -0.2) is 0 Å². The zero-order valence-corrected chi connectivity index (χ0v) is 13.9. The second kappa shape index (κ2) is 7.13. The minimum Gasteiger partial charge on any atom is -0.344 e. The summed E-state index contributed by atoms with van der Waals surface area (Å²) in [4.78, 5) is 16.8. The van der Waals surface area contributed by atoms with Crippen molar-refractivity contribution in [1.82, 2.24) is 14.9 Å². The molecule has 2 aromatic heterocycles. The lowest BCUT2D eigenvalue weighted by Gasteiger charge is -2.14. The Kier molecular flexibility index (Phi) is 4.75. The van der Waals surface area contributed by atoms with Gasteiger partial charge in [0.15, 0.2) is 0 Å². The van der Waals surface area contributed by atoms with Crippen LogP contribution in [0.15, 0.2) is 67.1 Å². The Morgan fingerprint density at radius 3 is 2.62 bits per heavy atom. The lowest BCUT2D eigenvalue weighted by molar-refractivity contribution is 0.0930. The van der Waals surface area contributed by atoms with Crippen molar-refractivity contribution in [2.45, 2.75) is 26.4 Å². The first-order valence-corrected chi connectivity index (χ1v) is 8.15. The highest BCUT2D eigenvalue weighted by molar-refractivity contribution is 5.94. The van der Waals surface area contributed by atoms with E-state index in [9.17, 15) is 4.79 Å². The topological polar surface area (TPSA) is 46.9 Å². The number of amides is 1. The summed E-state index contributed by atoms with van der Waals surface area (Å²) in [6.45, 7) is 4.75. The van der Waals surface area contributed by atoms with E-state index in [4.69, 9.17) is 0 Å². The van der Waals surface area contributed by atoms with Gasteiger partial charge in [0.05, 0.1) is 6.04 Å². The summed E-state index contributed by atoms with van der Waals surface area (Å²) in [5.41, 5.74) is 3.83. The molecule has 24 heavy (non-hydrogen) atoms. The van der Waals surface area contributed by atoms with Crippen LogP contribution in [-0.4, -0.2) is 15.5 Å². The number of nitrogens with one attached hydrogen (secondary N) is 1. The fraction of sp³-hybridized carbons (Fsp3) is 0.200. The van der Waals surface area contributed by atoms with Gasteiger partial charge in [0.1, 0.15) is 5.69 Å². The standard InChI is InChI=1S/C20H21N3O/c1-3-23-14-18(16-8-5-4-6-9-16)12-19(23)20(24)22-15(2)17-10-7-11-21-13-17/h4-15H,3H2,1-2H3,(H,22,24)/t15-/m0/s1. The van der Waals surface area contributed by atoms with Crippen molar-refractivity contribution in [3.05, 3.63) is 78.4 Å². The molecule has 0 fully saturated rings. The number of aryl methyl sites for hydroxylation is 1. The average molecular weight is 319 g/mol. The summed E-state index contributed by atoms with van der Waals surface area (Å²) in [7, 11) is 0. The summed E-state index contributed by atoms with van der Waals surface area (Å²) in [6, 6.07) is 15.8. The summed E-state index contributed by atoms with van der Waals surface area (Å²) >= 11 is 0. The molecule has 4 heteroatoms. The van der Waals surface area contributed by atoms with Crippen LogP contribution in [0.3, 0.4) is 0 Å². The third-order valence-electron chi connectivity index (χ3n) is 4.11. The van der Waals surface area contributed by atoms with Crippen molar-refractivity contribution in [3.8, 4) is 11.1 Å². The smallest absolute Gasteiger partial charge is 0.268 e. The molecule has 122 valence electrons. The SMILES string of the molecule is CCn1cc(-c2ccccc2)cc1C(=O)N[C@@H](C)c1cccnc1. The Morgan fingerprint density at radius 1 is 1.17 bits per heavy atom. The molecule has 1 aromatic carbocycles. The molecule has 0 aliphatic heterocycles. The highest BCUT2D eigenvalue weighted by Gasteiger charge is 2.16. The van der Waals surface area contributed by atoms with Gasteiger partial charge in [-0.05, 0) is 37.1 Å². The monoisotopic (exact) mass is 319 g/mol. The molecular weight excluding hydrogens is 298 g/mol. The largest absolute Gasteiger partial charge is 0.344 e. The number of pyridine rings is 1. The number of hydrogen-bond donors (Lipinski definition) is 1. The van der Waals surface area contributed by atoms with Gasteiger partial charge < -0.3 is 9.88 Å². The maximum Gasteiger partial charge on any atom is 0.268 e. The van der Waals surface area contributed by atoms with E-state index in [-0.39, 0.29) is 11.9 Å². The predicted octanol–water partition coefficient (Wildman–Crippen LogP) is 4.06. The van der Waals surface area contributed by atoms with Crippen LogP contribution < -0.4 is 5.32 Å². The first kappa shape index (κ1) is 16.0. The molecule has 1 atom stereocenters. The second-order valence-electron chi connectivity index (χ2n) is 5.75. The number of carbonyl (C=O) groups is 1. The van der Waals surface area contributed by atoms with Crippen molar-refractivity contribution in [2.24, 2.45) is 0 Å². The molecule has 0 unspecified atom stereocenters. The van der Waals surface area contributed by atoms with E-state index in [0.29, 0.717) is 5.69 Å². The molecule has 0 saturated heterocycles. The maximum atomic E-state index is 12.7. The Morgan fingerprint density at radius 2 is 1.96 bits per heavy atom. The van der Waals surface area contributed by atoms with Crippen LogP contribution in [0, 0.1) is 0 Å². The van der Waals surface area contributed by atoms with Crippen LogP contribution in [-0.2, 0) is 6.54 Å². The molecule has 0 spiro atoms. The Balaban J connectivity index is 1.83. The van der Waals surface area contributed by atoms with E-state index in [1.54, 1.807) is 12.4 Å². The number of benzene rings is 1. The van der Waals surface area contributed by atoms with Gasteiger partial charge >= 0.3 is 0 Å². The van der Waals surface area contributed by atoms with E-state index in [0.717, 1.165) is 23.2 Å². The predicted molar refractivity (Wildman–Crippen MR) is 95.7 cm³/mol. The average Bonchev–Trinajstić information content (AvgIpc) is 3.08. The molecular formula is C20H21N3O. The minimum absolute atomic E-state index is 0.0737. The third kappa shape index (κ3) is 3.38. The third-order valence-corrected chi connectivity index (χ3v) is 4.11. The fourth-order valence-electron chi connectivity index (χ4n) is 2.74. The number of nitrogens with zero attached hydrogens (tertiary/aromatic N) is 2. The zero-order chi connectivity index (χ0) is 16.9. The van der Waals surface area contributed by atoms with E-state index in [2.05, 4.69) is 22.4 Å². The zero-order valence-electron chi connectivity index (χ0n) is 13.9. The van der Waals surface area contributed by atoms with Gasteiger partial charge in [-0.2, -0.15) is 0 Å². The number of aromatic nitrogens is 2. The van der Waals surface area contributed by atoms with Crippen LogP contribution in [0.4, 0.5) is 0 Å². The molecule has 1 amide bonds. The summed E-state index contributed by atoms with van der Waals surface area (Å²) in [5.74, 6) is -0.0737. The molecule has 0 aliphatic rings. The first-order chi connectivity index (χ1) is 11.7. The van der Waals surface area contributed by atoms with Crippen LogP contribution in [0.2, 0.25) is 0 Å². The van der Waals surface area contributed by atoms with Crippen molar-refractivity contribution in [3.63, 3.8) is 0 Å². The van der Waals surface area contributed by atoms with Crippen LogP contribution in [0.5, 0.6) is 0 Å². The van der Waals surface area contributed by atoms with Crippen molar-refractivity contribution >= 4 is 5.91 Å². The summed E-state index contributed by atoms with van der Waals surface area (Å²) < 4.78 is 1.98. The molecule has 4 nitrogen and oxygen atoms in total. The normalized spacial score (nSPS) is 11.9. The highest BCUT2D eigenvalue weighted by Crippen LogP contribution is 2.22. The quantitative estimate of drug-likeness (QED) is 0.771. The van der Waals surface area contributed by atoms with Gasteiger partial charge in [0.2, 0.25) is 0 Å². The van der Waals surface area contributed by atoms with Gasteiger partial charge in [-0.1, -0.05) is 36.4 Å². The van der Waals surface area contributed by atoms with Gasteiger partial charge in [0, 0.05) is 30.7 Å². The molecule has 3 rings (SSSR count). The molecule has 0 bridgehead atoms. The molecule has 0 aliphatic carbocycles. The van der Waals surface area contributed by atoms with Crippen molar-refractivity contribution in [1.29, 1.82) is 0 Å². The van der Waals surface area contributed by atoms with E-state index in [1.807, 2.05) is 61.0 Å². The van der Waals surface area contributed by atoms with Crippen molar-refractivity contribution in [2.75, 3.05) is 0 Å². The summed E-state index contributed by atoms with van der Waals surface area (Å²) in [6.07, 6.45) is 5.53. The molecule has 0 saturated carbocycles. The minimum atomic E-state index is -0.0911. The van der Waals surface area contributed by atoms with Gasteiger partial charge in [-0.3, -0.25) is 9.78 Å². The van der Waals surface area contributed by atoms with Gasteiger partial charge in [0.25, 0.3) is 5.91 Å². The number of rotatable bonds is 5. The molecule has 3 aromatic rings. The van der Waals surface area contributed by atoms with Crippen LogP contribution in [0.1, 0.15) is 35.9 Å². The van der Waals surface area contributed by atoms with Crippen molar-refractivity contribution < 1.29 is 4.79 Å². The first-order valence-electron chi connectivity index (χ1n) is 8.15. The Bertz CT molecular complexity index is 809. The lowest BCUT2D eigenvalue weighted by Crippen LogP contribution is -2.28. The molecule has 0 radical (unpaired) electrons. The Hall–Kier alpha value is -2.88. The van der Waals surface area contributed by atoms with E-state index >= 15 is 0 Å². The lowest BCUT2D eigenvalue weighted by atomic mass is 10.1.